The second-order valence-electron chi connectivity index (χ2n) is 6.54. The number of benzene rings is 1. The number of ether oxygens (including phenoxy) is 2. The SMILES string of the molecule is COc1cc(-c2nc(CNC(=O)C3(OC)CCNCC3)c(C)o2)ccc1O.Cl. The molecule has 2 heterocycles. The number of carbonyl (C=O) groups excluding carboxylic acids is 1. The Balaban J connectivity index is 0.00000280. The van der Waals surface area contributed by atoms with Gasteiger partial charge in [0, 0.05) is 12.7 Å². The number of amides is 1. The first-order chi connectivity index (χ1) is 13.0. The summed E-state index contributed by atoms with van der Waals surface area (Å²) >= 11 is 0. The molecule has 9 heteroatoms. The fourth-order valence-corrected chi connectivity index (χ4v) is 3.21. The van der Waals surface area contributed by atoms with Crippen molar-refractivity contribution in [1.82, 2.24) is 15.6 Å². The highest BCUT2D eigenvalue weighted by Crippen LogP contribution is 2.32. The van der Waals surface area contributed by atoms with Crippen molar-refractivity contribution in [3.63, 3.8) is 0 Å². The van der Waals surface area contributed by atoms with Crippen molar-refractivity contribution >= 4 is 18.3 Å². The molecular weight excluding hydrogens is 386 g/mol. The van der Waals surface area contributed by atoms with Crippen molar-refractivity contribution < 1.29 is 23.8 Å². The Kier molecular flexibility index (Phi) is 7.29. The Morgan fingerprint density at radius 1 is 1.36 bits per heavy atom. The summed E-state index contributed by atoms with van der Waals surface area (Å²) in [6.45, 7) is 3.54. The minimum absolute atomic E-state index is 0. The lowest BCUT2D eigenvalue weighted by Gasteiger charge is -2.34. The van der Waals surface area contributed by atoms with Gasteiger partial charge in [0.15, 0.2) is 11.5 Å². The summed E-state index contributed by atoms with van der Waals surface area (Å²) in [5, 5.41) is 15.9. The number of phenols is 1. The summed E-state index contributed by atoms with van der Waals surface area (Å²) in [4.78, 5) is 17.1. The van der Waals surface area contributed by atoms with Crippen LogP contribution in [0, 0.1) is 6.92 Å². The van der Waals surface area contributed by atoms with Crippen LogP contribution in [-0.2, 0) is 16.1 Å². The number of nitrogens with one attached hydrogen (secondary N) is 2. The molecule has 0 atom stereocenters. The summed E-state index contributed by atoms with van der Waals surface area (Å²) in [7, 11) is 3.05. The number of halogens is 1. The number of hydrogen-bond donors (Lipinski definition) is 3. The number of nitrogens with zero attached hydrogens (tertiary/aromatic N) is 1. The highest BCUT2D eigenvalue weighted by atomic mass is 35.5. The van der Waals surface area contributed by atoms with Gasteiger partial charge in [0.2, 0.25) is 5.89 Å². The number of aromatic hydroxyl groups is 1. The van der Waals surface area contributed by atoms with Crippen LogP contribution < -0.4 is 15.4 Å². The summed E-state index contributed by atoms with van der Waals surface area (Å²) in [6.07, 6.45) is 1.26. The van der Waals surface area contributed by atoms with E-state index in [0.29, 0.717) is 41.5 Å². The van der Waals surface area contributed by atoms with Crippen molar-refractivity contribution in [3.05, 3.63) is 29.7 Å². The van der Waals surface area contributed by atoms with Crippen LogP contribution >= 0.6 is 12.4 Å². The molecule has 1 saturated heterocycles. The van der Waals surface area contributed by atoms with Gasteiger partial charge in [-0.15, -0.1) is 12.4 Å². The van der Waals surface area contributed by atoms with Gasteiger partial charge in [-0.2, -0.15) is 0 Å². The lowest BCUT2D eigenvalue weighted by molar-refractivity contribution is -0.146. The Bertz CT molecular complexity index is 818. The molecule has 0 radical (unpaired) electrons. The predicted molar refractivity (Wildman–Crippen MR) is 106 cm³/mol. The number of aromatic nitrogens is 1. The fourth-order valence-electron chi connectivity index (χ4n) is 3.21. The van der Waals surface area contributed by atoms with Crippen LogP contribution in [0.15, 0.2) is 22.6 Å². The van der Waals surface area contributed by atoms with Crippen molar-refractivity contribution in [2.24, 2.45) is 0 Å². The average Bonchev–Trinajstić information content (AvgIpc) is 3.07. The first kappa shape index (κ1) is 22.0. The van der Waals surface area contributed by atoms with Crippen LogP contribution in [0.5, 0.6) is 11.5 Å². The van der Waals surface area contributed by atoms with Gasteiger partial charge in [-0.05, 0) is 51.1 Å². The van der Waals surface area contributed by atoms with Gasteiger partial charge >= 0.3 is 0 Å². The Hall–Kier alpha value is -2.29. The largest absolute Gasteiger partial charge is 0.504 e. The molecule has 1 aromatic heterocycles. The molecule has 2 aromatic rings. The normalized spacial score (nSPS) is 15.5. The van der Waals surface area contributed by atoms with Crippen LogP contribution in [0.3, 0.4) is 0 Å². The van der Waals surface area contributed by atoms with E-state index in [1.165, 1.54) is 13.2 Å². The third-order valence-corrected chi connectivity index (χ3v) is 4.95. The van der Waals surface area contributed by atoms with Gasteiger partial charge in [-0.25, -0.2) is 4.98 Å². The monoisotopic (exact) mass is 411 g/mol. The molecule has 3 N–H and O–H groups in total. The van der Waals surface area contributed by atoms with Crippen LogP contribution in [0.1, 0.15) is 24.3 Å². The van der Waals surface area contributed by atoms with Crippen molar-refractivity contribution in [2.75, 3.05) is 27.3 Å². The fraction of sp³-hybridized carbons (Fsp3) is 0.474. The number of oxazole rings is 1. The molecule has 0 unspecified atom stereocenters. The summed E-state index contributed by atoms with van der Waals surface area (Å²) < 4.78 is 16.4. The topological polar surface area (TPSA) is 106 Å². The van der Waals surface area contributed by atoms with E-state index in [1.807, 2.05) is 0 Å². The van der Waals surface area contributed by atoms with E-state index < -0.39 is 5.60 Å². The lowest BCUT2D eigenvalue weighted by Crippen LogP contribution is -2.54. The molecule has 1 aliphatic rings. The molecule has 0 aliphatic carbocycles. The van der Waals surface area contributed by atoms with E-state index in [1.54, 1.807) is 26.2 Å². The van der Waals surface area contributed by atoms with Crippen molar-refractivity contribution in [2.45, 2.75) is 31.9 Å². The Morgan fingerprint density at radius 3 is 2.71 bits per heavy atom. The lowest BCUT2D eigenvalue weighted by atomic mass is 9.91. The Labute approximate surface area is 170 Å². The van der Waals surface area contributed by atoms with Gasteiger partial charge < -0.3 is 29.6 Å². The first-order valence-corrected chi connectivity index (χ1v) is 8.87. The highest BCUT2D eigenvalue weighted by molar-refractivity contribution is 5.85. The van der Waals surface area contributed by atoms with Crippen molar-refractivity contribution in [1.29, 1.82) is 0 Å². The zero-order valence-corrected chi connectivity index (χ0v) is 17.0. The molecule has 0 saturated carbocycles. The van der Waals surface area contributed by atoms with Crippen LogP contribution in [0.25, 0.3) is 11.5 Å². The molecule has 8 nitrogen and oxygen atoms in total. The second kappa shape index (κ2) is 9.27. The smallest absolute Gasteiger partial charge is 0.252 e. The van der Waals surface area contributed by atoms with Crippen LogP contribution in [0.4, 0.5) is 0 Å². The number of aryl methyl sites for hydroxylation is 1. The minimum Gasteiger partial charge on any atom is -0.504 e. The van der Waals surface area contributed by atoms with Crippen LogP contribution in [0.2, 0.25) is 0 Å². The van der Waals surface area contributed by atoms with E-state index in [4.69, 9.17) is 13.9 Å². The van der Waals surface area contributed by atoms with E-state index in [2.05, 4.69) is 15.6 Å². The molecule has 1 aromatic carbocycles. The maximum Gasteiger partial charge on any atom is 0.252 e. The number of carbonyl (C=O) groups is 1. The third kappa shape index (κ3) is 4.40. The van der Waals surface area contributed by atoms with Gasteiger partial charge in [-0.3, -0.25) is 4.79 Å². The molecule has 1 fully saturated rings. The van der Waals surface area contributed by atoms with Crippen LogP contribution in [-0.4, -0.2) is 48.9 Å². The molecular formula is C19H26ClN3O5. The van der Waals surface area contributed by atoms with Gasteiger partial charge in [0.1, 0.15) is 17.1 Å². The van der Waals surface area contributed by atoms with E-state index in [9.17, 15) is 9.90 Å². The molecule has 1 aliphatic heterocycles. The third-order valence-electron chi connectivity index (χ3n) is 4.95. The maximum atomic E-state index is 12.7. The van der Waals surface area contributed by atoms with Gasteiger partial charge in [0.25, 0.3) is 5.91 Å². The van der Waals surface area contributed by atoms with Crippen molar-refractivity contribution in [3.8, 4) is 23.0 Å². The first-order valence-electron chi connectivity index (χ1n) is 8.87. The number of phenolic OH excluding ortho intramolecular Hbond substituents is 1. The second-order valence-corrected chi connectivity index (χ2v) is 6.54. The summed E-state index contributed by atoms with van der Waals surface area (Å²) in [5.74, 6) is 1.27. The molecule has 28 heavy (non-hydrogen) atoms. The van der Waals surface area contributed by atoms with E-state index >= 15 is 0 Å². The number of rotatable bonds is 6. The zero-order valence-electron chi connectivity index (χ0n) is 16.2. The van der Waals surface area contributed by atoms with Gasteiger partial charge in [0.05, 0.1) is 13.7 Å². The maximum absolute atomic E-state index is 12.7. The molecule has 3 rings (SSSR count). The quantitative estimate of drug-likeness (QED) is 0.668. The number of methoxy groups -OCH3 is 2. The molecule has 154 valence electrons. The van der Waals surface area contributed by atoms with E-state index in [-0.39, 0.29) is 30.6 Å². The number of piperidine rings is 1. The molecule has 0 bridgehead atoms. The molecule has 0 spiro atoms. The minimum atomic E-state index is -0.796. The number of hydrogen-bond acceptors (Lipinski definition) is 7. The summed E-state index contributed by atoms with van der Waals surface area (Å²) in [5.41, 5.74) is 0.526. The predicted octanol–water partition coefficient (Wildman–Crippen LogP) is 2.17. The average molecular weight is 412 g/mol. The highest BCUT2D eigenvalue weighted by Gasteiger charge is 2.39. The van der Waals surface area contributed by atoms with E-state index in [0.717, 1.165) is 13.1 Å². The molecule has 1 amide bonds. The summed E-state index contributed by atoms with van der Waals surface area (Å²) in [6, 6.07) is 4.87. The van der Waals surface area contributed by atoms with Gasteiger partial charge in [-0.1, -0.05) is 0 Å². The standard InChI is InChI=1S/C19H25N3O5.ClH/c1-12-14(11-21-18(24)19(26-3)6-8-20-9-7-19)22-17(27-12)13-4-5-15(23)16(10-13)25-2;/h4-5,10,20,23H,6-9,11H2,1-3H3,(H,21,24);1H. The Morgan fingerprint density at radius 2 is 2.07 bits per heavy atom. The zero-order chi connectivity index (χ0) is 19.4.